The molecule has 0 bridgehead atoms. The van der Waals surface area contributed by atoms with Crippen LogP contribution in [-0.2, 0) is 14.4 Å². The van der Waals surface area contributed by atoms with Crippen molar-refractivity contribution < 1.29 is 14.4 Å². The molecule has 1 heterocycles. The van der Waals surface area contributed by atoms with E-state index in [0.717, 1.165) is 25.8 Å². The fraction of sp³-hybridized carbons (Fsp3) is 0.500. The minimum Gasteiger partial charge on any atom is -0.342 e. The predicted octanol–water partition coefficient (Wildman–Crippen LogP) is 2.62. The molecule has 130 valence electrons. The van der Waals surface area contributed by atoms with Crippen LogP contribution in [0, 0.1) is 5.92 Å². The number of hydrogen-bond donors (Lipinski definition) is 2. The molecule has 0 aromatic heterocycles. The average Bonchev–Trinajstić information content (AvgIpc) is 2.89. The van der Waals surface area contributed by atoms with Crippen LogP contribution >= 0.6 is 0 Å². The van der Waals surface area contributed by atoms with E-state index in [1.54, 1.807) is 29.2 Å². The van der Waals surface area contributed by atoms with Gasteiger partial charge in [-0.05, 0) is 24.6 Å². The van der Waals surface area contributed by atoms with Crippen LogP contribution in [0.2, 0.25) is 0 Å². The van der Waals surface area contributed by atoms with E-state index in [4.69, 9.17) is 0 Å². The van der Waals surface area contributed by atoms with Crippen molar-refractivity contribution in [2.45, 2.75) is 39.5 Å². The average molecular weight is 331 g/mol. The summed E-state index contributed by atoms with van der Waals surface area (Å²) >= 11 is 0. The van der Waals surface area contributed by atoms with Crippen molar-refractivity contribution in [3.63, 3.8) is 0 Å². The van der Waals surface area contributed by atoms with Crippen LogP contribution in [-0.4, -0.2) is 35.7 Å². The molecule has 1 saturated heterocycles. The number of unbranched alkanes of at least 4 members (excludes halogenated alkanes) is 2. The number of likely N-dealkylation sites (tertiary alicyclic amines) is 1. The van der Waals surface area contributed by atoms with Crippen molar-refractivity contribution in [1.29, 1.82) is 0 Å². The SMILES string of the molecule is CCCCCN1CC(C(=O)Nc2cccc(NC(C)=O)c2)CC1=O. The van der Waals surface area contributed by atoms with Crippen LogP contribution in [0.1, 0.15) is 39.5 Å². The van der Waals surface area contributed by atoms with Gasteiger partial charge in [0.2, 0.25) is 17.7 Å². The monoisotopic (exact) mass is 331 g/mol. The van der Waals surface area contributed by atoms with Gasteiger partial charge in [-0.2, -0.15) is 0 Å². The molecule has 1 aromatic carbocycles. The number of rotatable bonds is 7. The third kappa shape index (κ3) is 5.08. The maximum atomic E-state index is 12.4. The Hall–Kier alpha value is -2.37. The number of anilines is 2. The van der Waals surface area contributed by atoms with Gasteiger partial charge in [0.1, 0.15) is 0 Å². The Kier molecular flexibility index (Phi) is 6.35. The van der Waals surface area contributed by atoms with E-state index in [0.29, 0.717) is 17.9 Å². The van der Waals surface area contributed by atoms with Gasteiger partial charge >= 0.3 is 0 Å². The number of hydrogen-bond acceptors (Lipinski definition) is 3. The van der Waals surface area contributed by atoms with E-state index in [-0.39, 0.29) is 30.1 Å². The Labute approximate surface area is 142 Å². The predicted molar refractivity (Wildman–Crippen MR) is 93.6 cm³/mol. The van der Waals surface area contributed by atoms with E-state index >= 15 is 0 Å². The van der Waals surface area contributed by atoms with Gasteiger partial charge in [-0.15, -0.1) is 0 Å². The molecular weight excluding hydrogens is 306 g/mol. The number of nitrogens with zero attached hydrogens (tertiary/aromatic N) is 1. The molecule has 1 atom stereocenters. The first kappa shape index (κ1) is 18.0. The zero-order chi connectivity index (χ0) is 17.5. The van der Waals surface area contributed by atoms with Crippen LogP contribution in [0.5, 0.6) is 0 Å². The summed E-state index contributed by atoms with van der Waals surface area (Å²) in [6.07, 6.45) is 3.45. The molecule has 6 nitrogen and oxygen atoms in total. The van der Waals surface area contributed by atoms with Crippen molar-refractivity contribution in [3.05, 3.63) is 24.3 Å². The second-order valence-corrected chi connectivity index (χ2v) is 6.20. The van der Waals surface area contributed by atoms with E-state index in [2.05, 4.69) is 17.6 Å². The summed E-state index contributed by atoms with van der Waals surface area (Å²) in [6, 6.07) is 6.98. The van der Waals surface area contributed by atoms with Crippen molar-refractivity contribution >= 4 is 29.1 Å². The molecule has 1 fully saturated rings. The van der Waals surface area contributed by atoms with Gasteiger partial charge < -0.3 is 15.5 Å². The van der Waals surface area contributed by atoms with Crippen LogP contribution < -0.4 is 10.6 Å². The molecule has 0 radical (unpaired) electrons. The lowest BCUT2D eigenvalue weighted by atomic mass is 10.1. The van der Waals surface area contributed by atoms with Crippen molar-refractivity contribution in [2.75, 3.05) is 23.7 Å². The maximum absolute atomic E-state index is 12.4. The van der Waals surface area contributed by atoms with Gasteiger partial charge in [-0.3, -0.25) is 14.4 Å². The number of carbonyl (C=O) groups is 3. The topological polar surface area (TPSA) is 78.5 Å². The molecular formula is C18H25N3O3. The summed E-state index contributed by atoms with van der Waals surface area (Å²) in [5.74, 6) is -0.578. The first-order valence-corrected chi connectivity index (χ1v) is 8.46. The van der Waals surface area contributed by atoms with Gasteiger partial charge in [0.25, 0.3) is 0 Å². The summed E-state index contributed by atoms with van der Waals surface area (Å²) < 4.78 is 0. The molecule has 2 N–H and O–H groups in total. The van der Waals surface area contributed by atoms with Crippen LogP contribution in [0.25, 0.3) is 0 Å². The number of benzene rings is 1. The van der Waals surface area contributed by atoms with Crippen LogP contribution in [0.3, 0.4) is 0 Å². The Bertz CT molecular complexity index is 615. The highest BCUT2D eigenvalue weighted by molar-refractivity contribution is 5.98. The van der Waals surface area contributed by atoms with E-state index in [9.17, 15) is 14.4 Å². The molecule has 2 rings (SSSR count). The number of carbonyl (C=O) groups excluding carboxylic acids is 3. The number of amides is 3. The highest BCUT2D eigenvalue weighted by atomic mass is 16.2. The van der Waals surface area contributed by atoms with Gasteiger partial charge in [-0.1, -0.05) is 25.8 Å². The lowest BCUT2D eigenvalue weighted by molar-refractivity contribution is -0.128. The molecule has 0 saturated carbocycles. The molecule has 1 unspecified atom stereocenters. The van der Waals surface area contributed by atoms with E-state index < -0.39 is 0 Å². The van der Waals surface area contributed by atoms with E-state index in [1.807, 2.05) is 0 Å². The fourth-order valence-electron chi connectivity index (χ4n) is 2.84. The molecule has 1 aromatic rings. The second-order valence-electron chi connectivity index (χ2n) is 6.20. The molecule has 1 aliphatic heterocycles. The molecule has 0 aliphatic carbocycles. The zero-order valence-electron chi connectivity index (χ0n) is 14.3. The quantitative estimate of drug-likeness (QED) is 0.754. The third-order valence-electron chi connectivity index (χ3n) is 4.07. The first-order valence-electron chi connectivity index (χ1n) is 8.46. The first-order chi connectivity index (χ1) is 11.5. The largest absolute Gasteiger partial charge is 0.342 e. The van der Waals surface area contributed by atoms with Gasteiger partial charge in [0.05, 0.1) is 5.92 Å². The molecule has 3 amide bonds. The normalized spacial score (nSPS) is 17.0. The van der Waals surface area contributed by atoms with Crippen LogP contribution in [0.4, 0.5) is 11.4 Å². The number of nitrogens with one attached hydrogen (secondary N) is 2. The third-order valence-corrected chi connectivity index (χ3v) is 4.07. The Balaban J connectivity index is 1.91. The maximum Gasteiger partial charge on any atom is 0.229 e. The standard InChI is InChI=1S/C18H25N3O3/c1-3-4-5-9-21-12-14(10-17(21)23)18(24)20-16-8-6-7-15(11-16)19-13(2)22/h6-8,11,14H,3-5,9-10,12H2,1-2H3,(H,19,22)(H,20,24). The van der Waals surface area contributed by atoms with E-state index in [1.165, 1.54) is 6.92 Å². The summed E-state index contributed by atoms with van der Waals surface area (Å²) in [5.41, 5.74) is 1.24. The van der Waals surface area contributed by atoms with Crippen molar-refractivity contribution in [1.82, 2.24) is 4.90 Å². The highest BCUT2D eigenvalue weighted by Crippen LogP contribution is 2.22. The fourth-order valence-corrected chi connectivity index (χ4v) is 2.84. The molecule has 6 heteroatoms. The minimum atomic E-state index is -0.316. The lowest BCUT2D eigenvalue weighted by Gasteiger charge is -2.16. The molecule has 1 aliphatic rings. The minimum absolute atomic E-state index is 0.0539. The van der Waals surface area contributed by atoms with Crippen molar-refractivity contribution in [2.24, 2.45) is 5.92 Å². The van der Waals surface area contributed by atoms with Crippen molar-refractivity contribution in [3.8, 4) is 0 Å². The summed E-state index contributed by atoms with van der Waals surface area (Å²) in [7, 11) is 0. The second kappa shape index (κ2) is 8.47. The Morgan fingerprint density at radius 3 is 2.58 bits per heavy atom. The Morgan fingerprint density at radius 1 is 1.21 bits per heavy atom. The summed E-state index contributed by atoms with van der Waals surface area (Å²) in [5, 5.41) is 5.51. The van der Waals surface area contributed by atoms with Gasteiger partial charge in [-0.25, -0.2) is 0 Å². The summed E-state index contributed by atoms with van der Waals surface area (Å²) in [4.78, 5) is 37.3. The smallest absolute Gasteiger partial charge is 0.229 e. The zero-order valence-corrected chi connectivity index (χ0v) is 14.3. The lowest BCUT2D eigenvalue weighted by Crippen LogP contribution is -2.29. The molecule has 24 heavy (non-hydrogen) atoms. The highest BCUT2D eigenvalue weighted by Gasteiger charge is 2.33. The molecule has 0 spiro atoms. The van der Waals surface area contributed by atoms with Gasteiger partial charge in [0, 0.05) is 37.8 Å². The van der Waals surface area contributed by atoms with Gasteiger partial charge in [0.15, 0.2) is 0 Å². The Morgan fingerprint density at radius 2 is 1.92 bits per heavy atom. The summed E-state index contributed by atoms with van der Waals surface area (Å²) in [6.45, 7) is 4.77. The van der Waals surface area contributed by atoms with Crippen LogP contribution in [0.15, 0.2) is 24.3 Å².